The minimum atomic E-state index is 0.512. The van der Waals surface area contributed by atoms with Gasteiger partial charge in [-0.05, 0) is 51.8 Å². The van der Waals surface area contributed by atoms with Gasteiger partial charge in [0.1, 0.15) is 5.76 Å². The van der Waals surface area contributed by atoms with Gasteiger partial charge in [0.15, 0.2) is 0 Å². The molecule has 0 spiro atoms. The first-order valence-corrected chi connectivity index (χ1v) is 7.38. The number of nitrogens with one attached hydrogen (secondary N) is 1. The Hall–Kier alpha value is -0.800. The van der Waals surface area contributed by atoms with E-state index in [1.54, 1.807) is 0 Å². The summed E-state index contributed by atoms with van der Waals surface area (Å²) in [5, 5.41) is 3.74. The highest BCUT2D eigenvalue weighted by Gasteiger charge is 2.24. The number of hydrogen-bond acceptors (Lipinski definition) is 3. The third-order valence-electron chi connectivity index (χ3n) is 4.48. The Labute approximate surface area is 110 Å². The van der Waals surface area contributed by atoms with Crippen molar-refractivity contribution < 1.29 is 4.42 Å². The van der Waals surface area contributed by atoms with E-state index in [9.17, 15) is 0 Å². The van der Waals surface area contributed by atoms with Crippen molar-refractivity contribution in [3.05, 3.63) is 23.7 Å². The molecular weight excluding hydrogens is 224 g/mol. The summed E-state index contributed by atoms with van der Waals surface area (Å²) in [6, 6.07) is 3.31. The van der Waals surface area contributed by atoms with Gasteiger partial charge in [-0.3, -0.25) is 4.90 Å². The maximum Gasteiger partial charge on any atom is 0.108 e. The lowest BCUT2D eigenvalue weighted by Gasteiger charge is -2.28. The van der Waals surface area contributed by atoms with E-state index in [0.717, 1.165) is 13.0 Å². The maximum absolute atomic E-state index is 5.54. The molecule has 3 heteroatoms. The molecule has 1 saturated heterocycles. The molecule has 2 heterocycles. The van der Waals surface area contributed by atoms with Crippen molar-refractivity contribution in [2.45, 2.75) is 51.1 Å². The standard InChI is InChI=1S/C15H24N2O/c1-12(17-8-2-3-9-17)11-16-14-5-4-6-15-13(14)7-10-18-15/h7,10,12,14,16H,2-6,8-9,11H2,1H3. The van der Waals surface area contributed by atoms with Crippen LogP contribution in [0.15, 0.2) is 16.7 Å². The van der Waals surface area contributed by atoms with Crippen molar-refractivity contribution in [2.24, 2.45) is 0 Å². The number of rotatable bonds is 4. The predicted octanol–water partition coefficient (Wildman–Crippen LogP) is 2.73. The van der Waals surface area contributed by atoms with E-state index in [-0.39, 0.29) is 0 Å². The lowest BCUT2D eigenvalue weighted by molar-refractivity contribution is 0.242. The van der Waals surface area contributed by atoms with Gasteiger partial charge in [-0.2, -0.15) is 0 Å². The largest absolute Gasteiger partial charge is 0.469 e. The highest BCUT2D eigenvalue weighted by Crippen LogP contribution is 2.30. The summed E-state index contributed by atoms with van der Waals surface area (Å²) >= 11 is 0. The first-order valence-electron chi connectivity index (χ1n) is 7.38. The lowest BCUT2D eigenvalue weighted by Crippen LogP contribution is -2.40. The Morgan fingerprint density at radius 3 is 3.06 bits per heavy atom. The van der Waals surface area contributed by atoms with Crippen molar-refractivity contribution in [3.8, 4) is 0 Å². The molecule has 1 aliphatic heterocycles. The van der Waals surface area contributed by atoms with Crippen LogP contribution < -0.4 is 5.32 Å². The average molecular weight is 248 g/mol. The third-order valence-corrected chi connectivity index (χ3v) is 4.48. The van der Waals surface area contributed by atoms with Crippen LogP contribution in [0.3, 0.4) is 0 Å². The Kier molecular flexibility index (Phi) is 3.71. The molecule has 1 N–H and O–H groups in total. The molecule has 3 rings (SSSR count). The second-order valence-corrected chi connectivity index (χ2v) is 5.74. The van der Waals surface area contributed by atoms with Crippen molar-refractivity contribution >= 4 is 0 Å². The monoisotopic (exact) mass is 248 g/mol. The van der Waals surface area contributed by atoms with Gasteiger partial charge < -0.3 is 9.73 Å². The Balaban J connectivity index is 1.55. The fourth-order valence-electron chi connectivity index (χ4n) is 3.32. The number of aryl methyl sites for hydroxylation is 1. The maximum atomic E-state index is 5.54. The molecule has 100 valence electrons. The van der Waals surface area contributed by atoms with E-state index in [0.29, 0.717) is 12.1 Å². The molecular formula is C15H24N2O. The molecule has 2 aliphatic rings. The minimum Gasteiger partial charge on any atom is -0.469 e. The Morgan fingerprint density at radius 2 is 2.22 bits per heavy atom. The van der Waals surface area contributed by atoms with Gasteiger partial charge in [0.2, 0.25) is 0 Å². The van der Waals surface area contributed by atoms with E-state index >= 15 is 0 Å². The van der Waals surface area contributed by atoms with Crippen LogP contribution in [0.4, 0.5) is 0 Å². The number of nitrogens with zero attached hydrogens (tertiary/aromatic N) is 1. The zero-order valence-corrected chi connectivity index (χ0v) is 11.3. The van der Waals surface area contributed by atoms with Crippen LogP contribution in [-0.4, -0.2) is 30.6 Å². The molecule has 2 atom stereocenters. The van der Waals surface area contributed by atoms with Crippen LogP contribution in [-0.2, 0) is 6.42 Å². The van der Waals surface area contributed by atoms with Crippen molar-refractivity contribution in [2.75, 3.05) is 19.6 Å². The van der Waals surface area contributed by atoms with E-state index in [1.807, 2.05) is 6.26 Å². The second kappa shape index (κ2) is 5.45. The van der Waals surface area contributed by atoms with E-state index in [2.05, 4.69) is 23.2 Å². The van der Waals surface area contributed by atoms with Gasteiger partial charge in [0.25, 0.3) is 0 Å². The summed E-state index contributed by atoms with van der Waals surface area (Å²) < 4.78 is 5.54. The molecule has 18 heavy (non-hydrogen) atoms. The van der Waals surface area contributed by atoms with Crippen LogP contribution >= 0.6 is 0 Å². The summed E-state index contributed by atoms with van der Waals surface area (Å²) in [5.74, 6) is 1.20. The van der Waals surface area contributed by atoms with Gasteiger partial charge in [-0.1, -0.05) is 0 Å². The second-order valence-electron chi connectivity index (χ2n) is 5.74. The third kappa shape index (κ3) is 2.47. The lowest BCUT2D eigenvalue weighted by atomic mass is 9.93. The summed E-state index contributed by atoms with van der Waals surface area (Å²) in [6.45, 7) is 6.00. The SMILES string of the molecule is CC(CNC1CCCc2occc21)N1CCCC1. The number of fused-ring (bicyclic) bond motifs is 1. The van der Waals surface area contributed by atoms with Crippen molar-refractivity contribution in [3.63, 3.8) is 0 Å². The van der Waals surface area contributed by atoms with Gasteiger partial charge in [0.05, 0.1) is 6.26 Å². The molecule has 3 nitrogen and oxygen atoms in total. The summed E-state index contributed by atoms with van der Waals surface area (Å²) in [5.41, 5.74) is 1.40. The summed E-state index contributed by atoms with van der Waals surface area (Å²) in [6.07, 6.45) is 8.20. The van der Waals surface area contributed by atoms with Crippen molar-refractivity contribution in [1.82, 2.24) is 10.2 Å². The zero-order chi connectivity index (χ0) is 12.4. The molecule has 1 aromatic heterocycles. The van der Waals surface area contributed by atoms with Crippen LogP contribution in [0, 0.1) is 0 Å². The Bertz CT molecular complexity index is 382. The van der Waals surface area contributed by atoms with Crippen molar-refractivity contribution in [1.29, 1.82) is 0 Å². The zero-order valence-electron chi connectivity index (χ0n) is 11.3. The minimum absolute atomic E-state index is 0.512. The molecule has 2 unspecified atom stereocenters. The Morgan fingerprint density at radius 1 is 1.39 bits per heavy atom. The van der Waals surface area contributed by atoms with E-state index < -0.39 is 0 Å². The first kappa shape index (κ1) is 12.2. The predicted molar refractivity (Wildman–Crippen MR) is 72.7 cm³/mol. The first-order chi connectivity index (χ1) is 8.84. The molecule has 0 amide bonds. The van der Waals surface area contributed by atoms with Crippen LogP contribution in [0.2, 0.25) is 0 Å². The fourth-order valence-corrected chi connectivity index (χ4v) is 3.32. The number of furan rings is 1. The quantitative estimate of drug-likeness (QED) is 0.888. The van der Waals surface area contributed by atoms with Gasteiger partial charge >= 0.3 is 0 Å². The van der Waals surface area contributed by atoms with Gasteiger partial charge in [0, 0.05) is 30.6 Å². The van der Waals surface area contributed by atoms with Crippen LogP contribution in [0.5, 0.6) is 0 Å². The van der Waals surface area contributed by atoms with E-state index in [1.165, 1.54) is 50.1 Å². The molecule has 0 radical (unpaired) electrons. The molecule has 1 aromatic rings. The van der Waals surface area contributed by atoms with Gasteiger partial charge in [-0.25, -0.2) is 0 Å². The molecule has 0 saturated carbocycles. The molecule has 0 bridgehead atoms. The normalized spacial score (nSPS) is 26.2. The average Bonchev–Trinajstić information content (AvgIpc) is 3.05. The topological polar surface area (TPSA) is 28.4 Å². The highest BCUT2D eigenvalue weighted by atomic mass is 16.3. The molecule has 0 aromatic carbocycles. The highest BCUT2D eigenvalue weighted by molar-refractivity contribution is 5.24. The fraction of sp³-hybridized carbons (Fsp3) is 0.733. The van der Waals surface area contributed by atoms with Gasteiger partial charge in [-0.15, -0.1) is 0 Å². The van der Waals surface area contributed by atoms with Crippen LogP contribution in [0.1, 0.15) is 50.0 Å². The smallest absolute Gasteiger partial charge is 0.108 e. The van der Waals surface area contributed by atoms with E-state index in [4.69, 9.17) is 4.42 Å². The molecule has 1 fully saturated rings. The summed E-state index contributed by atoms with van der Waals surface area (Å²) in [7, 11) is 0. The number of hydrogen-bond donors (Lipinski definition) is 1. The summed E-state index contributed by atoms with van der Waals surface area (Å²) in [4.78, 5) is 2.60. The van der Waals surface area contributed by atoms with Crippen LogP contribution in [0.25, 0.3) is 0 Å². The molecule has 1 aliphatic carbocycles. The number of likely N-dealkylation sites (tertiary alicyclic amines) is 1.